The van der Waals surface area contributed by atoms with Gasteiger partial charge >= 0.3 is 5.97 Å². The van der Waals surface area contributed by atoms with E-state index in [4.69, 9.17) is 18.9 Å². The van der Waals surface area contributed by atoms with Gasteiger partial charge in [0.2, 0.25) is 5.91 Å². The second-order valence-electron chi connectivity index (χ2n) is 9.20. The van der Waals surface area contributed by atoms with Gasteiger partial charge in [0.05, 0.1) is 25.8 Å². The average molecular weight is 541 g/mol. The first-order valence-electron chi connectivity index (χ1n) is 12.7. The number of esters is 1. The zero-order valence-electron chi connectivity index (χ0n) is 22.1. The number of nitrogens with one attached hydrogen (secondary N) is 1. The molecular weight excluding hydrogens is 512 g/mol. The summed E-state index contributed by atoms with van der Waals surface area (Å²) in [6.07, 6.45) is 0.00100. The van der Waals surface area contributed by atoms with Crippen LogP contribution in [0.1, 0.15) is 6.42 Å². The van der Waals surface area contributed by atoms with E-state index in [0.717, 1.165) is 16.5 Å². The molecule has 9 heteroatoms. The first-order chi connectivity index (χ1) is 19.4. The normalized spacial score (nSPS) is 14.6. The molecule has 4 aromatic rings. The number of methoxy groups -OCH3 is 2. The lowest BCUT2D eigenvalue weighted by Crippen LogP contribution is -2.28. The summed E-state index contributed by atoms with van der Waals surface area (Å²) in [4.78, 5) is 39.3. The van der Waals surface area contributed by atoms with Gasteiger partial charge in [-0.2, -0.15) is 0 Å². The van der Waals surface area contributed by atoms with Crippen LogP contribution in [0.15, 0.2) is 84.9 Å². The molecule has 0 spiro atoms. The Morgan fingerprint density at radius 1 is 0.875 bits per heavy atom. The highest BCUT2D eigenvalue weighted by Crippen LogP contribution is 2.33. The lowest BCUT2D eigenvalue weighted by molar-refractivity contribution is -0.151. The number of ether oxygens (including phenoxy) is 4. The second kappa shape index (κ2) is 11.8. The van der Waals surface area contributed by atoms with Crippen LogP contribution in [0.25, 0.3) is 10.8 Å². The van der Waals surface area contributed by atoms with Gasteiger partial charge in [0.25, 0.3) is 5.91 Å². The van der Waals surface area contributed by atoms with Crippen molar-refractivity contribution >= 4 is 39.9 Å². The maximum atomic E-state index is 12.7. The van der Waals surface area contributed by atoms with Crippen molar-refractivity contribution in [3.05, 3.63) is 84.9 Å². The first-order valence-corrected chi connectivity index (χ1v) is 12.7. The molecule has 0 radical (unpaired) electrons. The largest absolute Gasteiger partial charge is 0.497 e. The minimum absolute atomic E-state index is 0.00100. The van der Waals surface area contributed by atoms with Crippen molar-refractivity contribution in [3.8, 4) is 23.0 Å². The molecule has 0 unspecified atom stereocenters. The van der Waals surface area contributed by atoms with Crippen LogP contribution >= 0.6 is 0 Å². The Balaban J connectivity index is 1.16. The third-order valence-electron chi connectivity index (χ3n) is 6.61. The molecule has 1 fully saturated rings. The molecule has 204 valence electrons. The fourth-order valence-electron chi connectivity index (χ4n) is 4.56. The minimum atomic E-state index is -0.678. The van der Waals surface area contributed by atoms with Crippen LogP contribution < -0.4 is 24.4 Å². The molecule has 40 heavy (non-hydrogen) atoms. The van der Waals surface area contributed by atoms with Gasteiger partial charge in [0.15, 0.2) is 6.61 Å². The number of nitrogens with zero attached hydrogens (tertiary/aromatic N) is 1. The third kappa shape index (κ3) is 5.83. The smallest absolute Gasteiger partial charge is 0.311 e. The monoisotopic (exact) mass is 540 g/mol. The van der Waals surface area contributed by atoms with Crippen LogP contribution in [0.4, 0.5) is 11.4 Å². The first kappa shape index (κ1) is 26.6. The van der Waals surface area contributed by atoms with Crippen LogP contribution in [-0.2, 0) is 19.1 Å². The summed E-state index contributed by atoms with van der Waals surface area (Å²) >= 11 is 0. The predicted molar refractivity (Wildman–Crippen MR) is 150 cm³/mol. The third-order valence-corrected chi connectivity index (χ3v) is 6.61. The summed E-state index contributed by atoms with van der Waals surface area (Å²) in [6.45, 7) is -0.325. The second-order valence-corrected chi connectivity index (χ2v) is 9.20. The van der Waals surface area contributed by atoms with Gasteiger partial charge in [-0.25, -0.2) is 0 Å². The lowest BCUT2D eigenvalue weighted by Gasteiger charge is -2.17. The molecule has 1 saturated heterocycles. The standard InChI is InChI=1S/C31H28N2O7/c1-37-24-14-15-26(28(17-24)38-2)32-29(34)19-39-31(36)21-16-30(35)33(18-21)22-10-12-23(13-11-22)40-27-9-5-7-20-6-3-4-8-25(20)27/h3-15,17,21H,16,18-19H2,1-2H3,(H,32,34)/t21-/m1/s1. The Bertz CT molecular complexity index is 1550. The van der Waals surface area contributed by atoms with E-state index in [1.54, 1.807) is 42.5 Å². The van der Waals surface area contributed by atoms with Gasteiger partial charge < -0.3 is 29.2 Å². The van der Waals surface area contributed by atoms with E-state index in [1.165, 1.54) is 19.1 Å². The number of carbonyl (C=O) groups is 3. The van der Waals surface area contributed by atoms with Gasteiger partial charge in [0, 0.05) is 30.1 Å². The number of hydrogen-bond acceptors (Lipinski definition) is 7. The molecule has 0 bridgehead atoms. The average Bonchev–Trinajstić information content (AvgIpc) is 3.38. The van der Waals surface area contributed by atoms with Crippen LogP contribution in [0, 0.1) is 5.92 Å². The van der Waals surface area contributed by atoms with Crippen molar-refractivity contribution < 1.29 is 33.3 Å². The molecule has 1 heterocycles. The van der Waals surface area contributed by atoms with Crippen molar-refractivity contribution in [1.29, 1.82) is 0 Å². The number of benzene rings is 4. The molecule has 1 atom stereocenters. The van der Waals surface area contributed by atoms with Gasteiger partial charge in [-0.05, 0) is 47.9 Å². The Morgan fingerprint density at radius 3 is 2.40 bits per heavy atom. The molecule has 4 aromatic carbocycles. The van der Waals surface area contributed by atoms with Crippen LogP contribution in [-0.4, -0.2) is 45.2 Å². The predicted octanol–water partition coefficient (Wildman–Crippen LogP) is 5.18. The maximum Gasteiger partial charge on any atom is 0.311 e. The summed E-state index contributed by atoms with van der Waals surface area (Å²) in [7, 11) is 3.00. The number of carbonyl (C=O) groups excluding carboxylic acids is 3. The van der Waals surface area contributed by atoms with E-state index in [0.29, 0.717) is 28.6 Å². The van der Waals surface area contributed by atoms with Gasteiger partial charge in [-0.1, -0.05) is 36.4 Å². The molecule has 2 amide bonds. The lowest BCUT2D eigenvalue weighted by atomic mass is 10.1. The molecule has 5 rings (SSSR count). The molecule has 1 aliphatic rings. The summed E-state index contributed by atoms with van der Waals surface area (Å²) in [5.74, 6) is 0.332. The molecular formula is C31H28N2O7. The fourth-order valence-corrected chi connectivity index (χ4v) is 4.56. The molecule has 1 N–H and O–H groups in total. The Kier molecular flexibility index (Phi) is 7.82. The molecule has 9 nitrogen and oxygen atoms in total. The molecule has 1 aliphatic heterocycles. The number of amides is 2. The van der Waals surface area contributed by atoms with Crippen molar-refractivity contribution in [2.75, 3.05) is 37.6 Å². The van der Waals surface area contributed by atoms with Gasteiger partial charge in [-0.3, -0.25) is 14.4 Å². The SMILES string of the molecule is COc1ccc(NC(=O)COC(=O)[C@@H]2CC(=O)N(c3ccc(Oc4cccc5ccccc45)cc3)C2)c(OC)c1. The minimum Gasteiger partial charge on any atom is -0.497 e. The van der Waals surface area contributed by atoms with Crippen LogP contribution in [0.3, 0.4) is 0 Å². The number of fused-ring (bicyclic) bond motifs is 1. The van der Waals surface area contributed by atoms with E-state index in [2.05, 4.69) is 5.32 Å². The van der Waals surface area contributed by atoms with Crippen LogP contribution in [0.5, 0.6) is 23.0 Å². The van der Waals surface area contributed by atoms with E-state index in [-0.39, 0.29) is 18.9 Å². The van der Waals surface area contributed by atoms with Crippen molar-refractivity contribution in [2.45, 2.75) is 6.42 Å². The zero-order chi connectivity index (χ0) is 28.1. The van der Waals surface area contributed by atoms with Crippen molar-refractivity contribution in [3.63, 3.8) is 0 Å². The summed E-state index contributed by atoms with van der Waals surface area (Å²) in [5.41, 5.74) is 1.06. The van der Waals surface area contributed by atoms with E-state index in [1.807, 2.05) is 42.5 Å². The number of rotatable bonds is 9. The molecule has 0 aromatic heterocycles. The maximum absolute atomic E-state index is 12.7. The summed E-state index contributed by atoms with van der Waals surface area (Å²) in [6, 6.07) is 25.9. The number of hydrogen-bond donors (Lipinski definition) is 1. The highest BCUT2D eigenvalue weighted by atomic mass is 16.5. The van der Waals surface area contributed by atoms with Crippen molar-refractivity contribution in [1.82, 2.24) is 0 Å². The highest BCUT2D eigenvalue weighted by Gasteiger charge is 2.36. The van der Waals surface area contributed by atoms with Gasteiger partial charge in [0.1, 0.15) is 23.0 Å². The fraction of sp³-hybridized carbons (Fsp3) is 0.194. The quantitative estimate of drug-likeness (QED) is 0.292. The van der Waals surface area contributed by atoms with Gasteiger partial charge in [-0.15, -0.1) is 0 Å². The number of anilines is 2. The van der Waals surface area contributed by atoms with E-state index < -0.39 is 24.4 Å². The molecule has 0 aliphatic carbocycles. The Labute approximate surface area is 231 Å². The highest BCUT2D eigenvalue weighted by molar-refractivity contribution is 6.00. The summed E-state index contributed by atoms with van der Waals surface area (Å²) < 4.78 is 21.7. The van der Waals surface area contributed by atoms with E-state index >= 15 is 0 Å². The zero-order valence-corrected chi connectivity index (χ0v) is 22.1. The summed E-state index contributed by atoms with van der Waals surface area (Å²) in [5, 5.41) is 4.73. The van der Waals surface area contributed by atoms with Crippen LogP contribution in [0.2, 0.25) is 0 Å². The van der Waals surface area contributed by atoms with Crippen molar-refractivity contribution in [2.24, 2.45) is 5.92 Å². The molecule has 0 saturated carbocycles. The van der Waals surface area contributed by atoms with E-state index in [9.17, 15) is 14.4 Å². The Morgan fingerprint density at radius 2 is 1.62 bits per heavy atom. The Hall–Kier alpha value is -5.05. The topological polar surface area (TPSA) is 103 Å².